The van der Waals surface area contributed by atoms with E-state index in [0.29, 0.717) is 12.6 Å². The van der Waals surface area contributed by atoms with Gasteiger partial charge in [0.05, 0.1) is 0 Å². The van der Waals surface area contributed by atoms with Crippen LogP contribution in [0.3, 0.4) is 0 Å². The number of benzene rings is 2. The van der Waals surface area contributed by atoms with Gasteiger partial charge in [-0.3, -0.25) is 0 Å². The lowest BCUT2D eigenvalue weighted by molar-refractivity contribution is 0.282. The fourth-order valence-corrected chi connectivity index (χ4v) is 2.44. The van der Waals surface area contributed by atoms with E-state index in [1.165, 1.54) is 16.7 Å². The van der Waals surface area contributed by atoms with Crippen molar-refractivity contribution in [3.05, 3.63) is 60.2 Å². The van der Waals surface area contributed by atoms with Crippen LogP contribution in [-0.2, 0) is 0 Å². The van der Waals surface area contributed by atoms with E-state index in [1.54, 1.807) is 0 Å². The van der Waals surface area contributed by atoms with E-state index in [9.17, 15) is 0 Å². The van der Waals surface area contributed by atoms with Gasteiger partial charge >= 0.3 is 0 Å². The van der Waals surface area contributed by atoms with Gasteiger partial charge in [-0.1, -0.05) is 54.6 Å². The summed E-state index contributed by atoms with van der Waals surface area (Å²) in [5.41, 5.74) is 3.83. The lowest BCUT2D eigenvalue weighted by Crippen LogP contribution is -2.19. The Balaban J connectivity index is 1.87. The zero-order chi connectivity index (χ0) is 14.9. The van der Waals surface area contributed by atoms with E-state index in [0.717, 1.165) is 25.8 Å². The molecule has 0 spiro atoms. The van der Waals surface area contributed by atoms with Gasteiger partial charge in [0.15, 0.2) is 0 Å². The molecule has 2 rings (SSSR count). The minimum atomic E-state index is 0.302. The van der Waals surface area contributed by atoms with Gasteiger partial charge in [0.25, 0.3) is 0 Å². The second kappa shape index (κ2) is 8.60. The molecule has 1 atom stereocenters. The fourth-order valence-electron chi connectivity index (χ4n) is 2.44. The molecule has 2 aromatic carbocycles. The molecule has 0 saturated heterocycles. The lowest BCUT2D eigenvalue weighted by atomic mass is 10.0. The summed E-state index contributed by atoms with van der Waals surface area (Å²) in [7, 11) is 0. The zero-order valence-corrected chi connectivity index (χ0v) is 12.8. The van der Waals surface area contributed by atoms with Gasteiger partial charge in [-0.05, 0) is 49.4 Å². The van der Waals surface area contributed by atoms with E-state index < -0.39 is 0 Å². The largest absolute Gasteiger partial charge is 0.396 e. The zero-order valence-electron chi connectivity index (χ0n) is 12.8. The first kappa shape index (κ1) is 15.7. The number of aliphatic hydroxyl groups excluding tert-OH is 1. The molecule has 0 aliphatic carbocycles. The topological polar surface area (TPSA) is 32.3 Å². The molecule has 2 nitrogen and oxygen atoms in total. The Labute approximate surface area is 127 Å². The van der Waals surface area contributed by atoms with E-state index >= 15 is 0 Å². The Kier molecular flexibility index (Phi) is 6.45. The SMILES string of the molecule is CC(NCCCCCO)c1ccc(-c2ccccc2)cc1. The van der Waals surface area contributed by atoms with Crippen LogP contribution in [0.15, 0.2) is 54.6 Å². The molecule has 0 fully saturated rings. The molecule has 0 aromatic heterocycles. The predicted molar refractivity (Wildman–Crippen MR) is 89.2 cm³/mol. The van der Waals surface area contributed by atoms with Crippen molar-refractivity contribution in [2.24, 2.45) is 0 Å². The van der Waals surface area contributed by atoms with Crippen LogP contribution in [0.2, 0.25) is 0 Å². The number of unbranched alkanes of at least 4 members (excludes halogenated alkanes) is 2. The summed E-state index contributed by atoms with van der Waals surface area (Å²) in [6.45, 7) is 3.50. The molecule has 1 unspecified atom stereocenters. The average Bonchev–Trinajstić information content (AvgIpc) is 2.55. The van der Waals surface area contributed by atoms with Crippen LogP contribution in [0.25, 0.3) is 11.1 Å². The van der Waals surface area contributed by atoms with Crippen molar-refractivity contribution in [2.45, 2.75) is 32.2 Å². The van der Waals surface area contributed by atoms with E-state index in [-0.39, 0.29) is 0 Å². The summed E-state index contributed by atoms with van der Waals surface area (Å²) < 4.78 is 0. The highest BCUT2D eigenvalue weighted by Crippen LogP contribution is 2.21. The molecule has 21 heavy (non-hydrogen) atoms. The van der Waals surface area contributed by atoms with Gasteiger partial charge in [-0.15, -0.1) is 0 Å². The molecule has 0 radical (unpaired) electrons. The van der Waals surface area contributed by atoms with Crippen LogP contribution >= 0.6 is 0 Å². The summed E-state index contributed by atoms with van der Waals surface area (Å²) in [6.07, 6.45) is 3.11. The van der Waals surface area contributed by atoms with Crippen molar-refractivity contribution < 1.29 is 5.11 Å². The van der Waals surface area contributed by atoms with Gasteiger partial charge in [0.2, 0.25) is 0 Å². The second-order valence-corrected chi connectivity index (χ2v) is 5.45. The number of hydrogen-bond acceptors (Lipinski definition) is 2. The predicted octanol–water partition coefficient (Wildman–Crippen LogP) is 4.17. The van der Waals surface area contributed by atoms with Crippen LogP contribution < -0.4 is 5.32 Å². The quantitative estimate of drug-likeness (QED) is 0.713. The Morgan fingerprint density at radius 2 is 1.52 bits per heavy atom. The molecule has 2 N–H and O–H groups in total. The minimum Gasteiger partial charge on any atom is -0.396 e. The van der Waals surface area contributed by atoms with Gasteiger partial charge < -0.3 is 10.4 Å². The second-order valence-electron chi connectivity index (χ2n) is 5.45. The normalized spacial score (nSPS) is 12.3. The first-order valence-electron chi connectivity index (χ1n) is 7.81. The molecule has 0 aliphatic heterocycles. The van der Waals surface area contributed by atoms with Crippen molar-refractivity contribution in [3.63, 3.8) is 0 Å². The summed E-state index contributed by atoms with van der Waals surface area (Å²) >= 11 is 0. The Bertz CT molecular complexity index is 507. The highest BCUT2D eigenvalue weighted by molar-refractivity contribution is 5.63. The van der Waals surface area contributed by atoms with Crippen molar-refractivity contribution in [1.29, 1.82) is 0 Å². The maximum atomic E-state index is 8.75. The third-order valence-electron chi connectivity index (χ3n) is 3.80. The Hall–Kier alpha value is -1.64. The molecule has 0 bridgehead atoms. The smallest absolute Gasteiger partial charge is 0.0431 e. The van der Waals surface area contributed by atoms with Crippen LogP contribution in [-0.4, -0.2) is 18.3 Å². The number of aliphatic hydroxyl groups is 1. The lowest BCUT2D eigenvalue weighted by Gasteiger charge is -2.14. The molecular formula is C19H25NO. The maximum Gasteiger partial charge on any atom is 0.0431 e. The fraction of sp³-hybridized carbons (Fsp3) is 0.368. The van der Waals surface area contributed by atoms with Gasteiger partial charge in [-0.25, -0.2) is 0 Å². The minimum absolute atomic E-state index is 0.302. The van der Waals surface area contributed by atoms with Gasteiger partial charge in [0, 0.05) is 12.6 Å². The number of nitrogens with one attached hydrogen (secondary N) is 1. The molecule has 2 heteroatoms. The summed E-state index contributed by atoms with van der Waals surface area (Å²) in [4.78, 5) is 0. The summed E-state index contributed by atoms with van der Waals surface area (Å²) in [5.74, 6) is 0. The molecular weight excluding hydrogens is 258 g/mol. The first-order chi connectivity index (χ1) is 10.3. The van der Waals surface area contributed by atoms with E-state index in [1.807, 2.05) is 6.07 Å². The summed E-state index contributed by atoms with van der Waals surface area (Å²) in [6, 6.07) is 19.6. The van der Waals surface area contributed by atoms with E-state index in [2.05, 4.69) is 60.8 Å². The Morgan fingerprint density at radius 3 is 2.19 bits per heavy atom. The highest BCUT2D eigenvalue weighted by Gasteiger charge is 2.04. The van der Waals surface area contributed by atoms with Crippen molar-refractivity contribution in [2.75, 3.05) is 13.2 Å². The maximum absolute atomic E-state index is 8.75. The van der Waals surface area contributed by atoms with Gasteiger partial charge in [-0.2, -0.15) is 0 Å². The monoisotopic (exact) mass is 283 g/mol. The molecule has 0 aliphatic rings. The van der Waals surface area contributed by atoms with Crippen LogP contribution in [0, 0.1) is 0 Å². The highest BCUT2D eigenvalue weighted by atomic mass is 16.2. The molecule has 112 valence electrons. The summed E-state index contributed by atoms with van der Waals surface area (Å²) in [5, 5.41) is 12.3. The van der Waals surface area contributed by atoms with Crippen molar-refractivity contribution in [1.82, 2.24) is 5.32 Å². The third kappa shape index (κ3) is 5.00. The Morgan fingerprint density at radius 1 is 0.857 bits per heavy atom. The molecule has 0 saturated carbocycles. The van der Waals surface area contributed by atoms with Crippen LogP contribution in [0.1, 0.15) is 37.8 Å². The van der Waals surface area contributed by atoms with Gasteiger partial charge in [0.1, 0.15) is 0 Å². The number of hydrogen-bond donors (Lipinski definition) is 2. The van der Waals surface area contributed by atoms with Crippen LogP contribution in [0.4, 0.5) is 0 Å². The molecule has 2 aromatic rings. The van der Waals surface area contributed by atoms with Crippen molar-refractivity contribution >= 4 is 0 Å². The average molecular weight is 283 g/mol. The first-order valence-corrected chi connectivity index (χ1v) is 7.81. The van der Waals surface area contributed by atoms with Crippen molar-refractivity contribution in [3.8, 4) is 11.1 Å². The van der Waals surface area contributed by atoms with Crippen LogP contribution in [0.5, 0.6) is 0 Å². The third-order valence-corrected chi connectivity index (χ3v) is 3.80. The number of rotatable bonds is 8. The molecule has 0 amide bonds. The van der Waals surface area contributed by atoms with E-state index in [4.69, 9.17) is 5.11 Å². The standard InChI is InChI=1S/C19H25NO/c1-16(20-14-6-3-7-15-21)17-10-12-19(13-11-17)18-8-4-2-5-9-18/h2,4-5,8-13,16,20-21H,3,6-7,14-15H2,1H3. The molecule has 0 heterocycles.